The number of rotatable bonds is 5. The molecule has 2 aromatic heterocycles. The van der Waals surface area contributed by atoms with Crippen LogP contribution < -0.4 is 5.32 Å². The zero-order chi connectivity index (χ0) is 18.8. The molecule has 1 N–H and O–H groups in total. The number of nitrogens with one attached hydrogen (secondary N) is 1. The molecule has 27 heavy (non-hydrogen) atoms. The summed E-state index contributed by atoms with van der Waals surface area (Å²) in [6.45, 7) is 0.165. The number of carbonyl (C=O) groups is 2. The van der Waals surface area contributed by atoms with E-state index < -0.39 is 0 Å². The van der Waals surface area contributed by atoms with E-state index in [0.29, 0.717) is 26.3 Å². The smallest absolute Gasteiger partial charge is 0.263 e. The van der Waals surface area contributed by atoms with Crippen molar-refractivity contribution >= 4 is 46.1 Å². The van der Waals surface area contributed by atoms with Gasteiger partial charge in [-0.1, -0.05) is 42.2 Å². The number of carbonyl (C=O) groups excluding carboxylic acids is 2. The Hall–Kier alpha value is -3.04. The molecule has 1 aromatic carbocycles. The number of Topliss-reactive ketones (excluding diaryl/α,β-unsaturated/α-hetero) is 1. The van der Waals surface area contributed by atoms with E-state index in [4.69, 9.17) is 16.6 Å². The van der Waals surface area contributed by atoms with Crippen LogP contribution in [0.4, 0.5) is 0 Å². The fourth-order valence-electron chi connectivity index (χ4n) is 2.54. The van der Waals surface area contributed by atoms with Crippen molar-refractivity contribution in [3.05, 3.63) is 65.3 Å². The molecule has 4 rings (SSSR count). The highest BCUT2D eigenvalue weighted by molar-refractivity contribution is 8.26. The predicted molar refractivity (Wildman–Crippen MR) is 105 cm³/mol. The molecule has 0 spiro atoms. The molecule has 0 unspecified atom stereocenters. The monoisotopic (exact) mass is 396 g/mol. The lowest BCUT2D eigenvalue weighted by atomic mass is 10.1. The summed E-state index contributed by atoms with van der Waals surface area (Å²) in [6.07, 6.45) is 4.64. The summed E-state index contributed by atoms with van der Waals surface area (Å²) in [5.74, 6) is 0.850. The first-order chi connectivity index (χ1) is 13.1. The minimum Gasteiger partial charge on any atom is -0.457 e. The van der Waals surface area contributed by atoms with Gasteiger partial charge in [0.2, 0.25) is 0 Å². The molecular weight excluding hydrogens is 384 g/mol. The Labute approximate surface area is 163 Å². The van der Waals surface area contributed by atoms with Crippen LogP contribution in [0.25, 0.3) is 17.4 Å². The van der Waals surface area contributed by atoms with Crippen LogP contribution in [-0.2, 0) is 11.3 Å². The minimum absolute atomic E-state index is 0.0573. The number of thiocarbonyl (C=S) groups is 1. The maximum Gasteiger partial charge on any atom is 0.263 e. The highest BCUT2D eigenvalue weighted by atomic mass is 32.2. The molecule has 1 aliphatic heterocycles. The van der Waals surface area contributed by atoms with Crippen LogP contribution in [0.15, 0.2) is 58.4 Å². The third-order valence-electron chi connectivity index (χ3n) is 3.80. The van der Waals surface area contributed by atoms with Crippen LogP contribution in [-0.4, -0.2) is 30.8 Å². The fraction of sp³-hybridized carbons (Fsp3) is 0.0556. The molecule has 1 saturated heterocycles. The summed E-state index contributed by atoms with van der Waals surface area (Å²) in [7, 11) is 0. The second kappa shape index (κ2) is 7.29. The summed E-state index contributed by atoms with van der Waals surface area (Å²) in [4.78, 5) is 24.6. The second-order valence-electron chi connectivity index (χ2n) is 5.69. The van der Waals surface area contributed by atoms with Crippen molar-refractivity contribution in [2.75, 3.05) is 0 Å². The summed E-state index contributed by atoms with van der Waals surface area (Å²) in [5, 5.41) is 9.94. The molecule has 0 radical (unpaired) electrons. The van der Waals surface area contributed by atoms with Gasteiger partial charge in [-0.2, -0.15) is 0 Å². The molecule has 1 amide bonds. The van der Waals surface area contributed by atoms with E-state index >= 15 is 0 Å². The van der Waals surface area contributed by atoms with E-state index in [0.717, 1.165) is 5.56 Å². The van der Waals surface area contributed by atoms with Crippen LogP contribution in [0.1, 0.15) is 16.1 Å². The lowest BCUT2D eigenvalue weighted by Gasteiger charge is -2.03. The number of nitrogens with zero attached hydrogens (tertiary/aromatic N) is 3. The number of hydrogen-bond acceptors (Lipinski definition) is 7. The maximum atomic E-state index is 12.4. The summed E-state index contributed by atoms with van der Waals surface area (Å²) >= 11 is 6.17. The average molecular weight is 396 g/mol. The van der Waals surface area contributed by atoms with Crippen molar-refractivity contribution in [3.8, 4) is 11.3 Å². The number of benzene rings is 1. The maximum absolute atomic E-state index is 12.4. The van der Waals surface area contributed by atoms with Crippen molar-refractivity contribution in [2.45, 2.75) is 6.54 Å². The van der Waals surface area contributed by atoms with Gasteiger partial charge in [-0.15, -0.1) is 10.2 Å². The predicted octanol–water partition coefficient (Wildman–Crippen LogP) is 2.91. The van der Waals surface area contributed by atoms with Crippen molar-refractivity contribution in [1.29, 1.82) is 0 Å². The van der Waals surface area contributed by atoms with E-state index in [-0.39, 0.29) is 18.2 Å². The van der Waals surface area contributed by atoms with Gasteiger partial charge in [0.15, 0.2) is 5.78 Å². The largest absolute Gasteiger partial charge is 0.457 e. The number of ketones is 1. The molecule has 134 valence electrons. The van der Waals surface area contributed by atoms with Crippen LogP contribution in [0.5, 0.6) is 0 Å². The molecule has 9 heteroatoms. The lowest BCUT2D eigenvalue weighted by Crippen LogP contribution is -2.17. The first kappa shape index (κ1) is 17.4. The van der Waals surface area contributed by atoms with Crippen LogP contribution in [0, 0.1) is 0 Å². The highest BCUT2D eigenvalue weighted by Crippen LogP contribution is 2.29. The Morgan fingerprint density at radius 2 is 2.07 bits per heavy atom. The quantitative estimate of drug-likeness (QED) is 0.403. The van der Waals surface area contributed by atoms with Crippen LogP contribution in [0.3, 0.4) is 0 Å². The van der Waals surface area contributed by atoms with Crippen molar-refractivity contribution < 1.29 is 14.0 Å². The molecule has 3 aromatic rings. The molecule has 0 saturated carbocycles. The standard InChI is InChI=1S/C18H12N4O3S2/c23-14(8-22-9-19-20-10-22)11-2-1-3-12(6-11)15-5-4-13(25-15)7-16-17(24)21-18(26)27-16/h1-7,9-10H,8H2,(H,21,24,26)/b16-7-. The van der Waals surface area contributed by atoms with Gasteiger partial charge in [0.05, 0.1) is 11.4 Å². The van der Waals surface area contributed by atoms with Crippen molar-refractivity contribution in [1.82, 2.24) is 20.1 Å². The Morgan fingerprint density at radius 1 is 1.26 bits per heavy atom. The van der Waals surface area contributed by atoms with E-state index in [1.165, 1.54) is 24.4 Å². The topological polar surface area (TPSA) is 90.0 Å². The molecule has 0 atom stereocenters. The number of hydrogen-bond donors (Lipinski definition) is 1. The second-order valence-corrected chi connectivity index (χ2v) is 7.41. The summed E-state index contributed by atoms with van der Waals surface area (Å²) in [5.41, 5.74) is 1.34. The van der Waals surface area contributed by atoms with E-state index in [9.17, 15) is 9.59 Å². The van der Waals surface area contributed by atoms with Gasteiger partial charge in [-0.25, -0.2) is 0 Å². The SMILES string of the molecule is O=C1NC(=S)S/C1=C\c1ccc(-c2cccc(C(=O)Cn3cnnc3)c2)o1. The Kier molecular flexibility index (Phi) is 4.69. The number of furan rings is 1. The van der Waals surface area contributed by atoms with Gasteiger partial charge in [-0.05, 0) is 18.2 Å². The third-order valence-corrected chi connectivity index (χ3v) is 4.97. The van der Waals surface area contributed by atoms with Gasteiger partial charge in [0, 0.05) is 17.2 Å². The molecule has 3 heterocycles. The minimum atomic E-state index is -0.232. The van der Waals surface area contributed by atoms with Crippen LogP contribution in [0.2, 0.25) is 0 Å². The number of aromatic nitrogens is 3. The van der Waals surface area contributed by atoms with E-state index in [1.807, 2.05) is 6.07 Å². The first-order valence-corrected chi connectivity index (χ1v) is 9.12. The summed E-state index contributed by atoms with van der Waals surface area (Å²) in [6, 6.07) is 10.7. The third kappa shape index (κ3) is 3.88. The normalized spacial score (nSPS) is 15.3. The summed E-state index contributed by atoms with van der Waals surface area (Å²) < 4.78 is 7.85. The number of amides is 1. The average Bonchev–Trinajstić information content (AvgIpc) is 3.38. The fourth-order valence-corrected chi connectivity index (χ4v) is 3.57. The van der Waals surface area contributed by atoms with Crippen molar-refractivity contribution in [3.63, 3.8) is 0 Å². The molecule has 1 fully saturated rings. The van der Waals surface area contributed by atoms with E-state index in [2.05, 4.69) is 15.5 Å². The lowest BCUT2D eigenvalue weighted by molar-refractivity contribution is -0.115. The zero-order valence-electron chi connectivity index (χ0n) is 13.8. The van der Waals surface area contributed by atoms with Crippen molar-refractivity contribution in [2.24, 2.45) is 0 Å². The first-order valence-electron chi connectivity index (χ1n) is 7.89. The van der Waals surface area contributed by atoms with Gasteiger partial charge >= 0.3 is 0 Å². The number of thioether (sulfide) groups is 1. The zero-order valence-corrected chi connectivity index (χ0v) is 15.4. The van der Waals surface area contributed by atoms with Gasteiger partial charge in [-0.3, -0.25) is 9.59 Å². The molecular formula is C18H12N4O3S2. The molecule has 7 nitrogen and oxygen atoms in total. The Morgan fingerprint density at radius 3 is 2.81 bits per heavy atom. The molecule has 1 aliphatic rings. The Balaban J connectivity index is 1.55. The highest BCUT2D eigenvalue weighted by Gasteiger charge is 2.22. The van der Waals surface area contributed by atoms with Gasteiger partial charge < -0.3 is 14.3 Å². The van der Waals surface area contributed by atoms with Crippen LogP contribution >= 0.6 is 24.0 Å². The van der Waals surface area contributed by atoms with E-state index in [1.54, 1.807) is 41.0 Å². The van der Waals surface area contributed by atoms with Gasteiger partial charge in [0.1, 0.15) is 28.5 Å². The van der Waals surface area contributed by atoms with Gasteiger partial charge in [0.25, 0.3) is 5.91 Å². The molecule has 0 aliphatic carbocycles. The molecule has 0 bridgehead atoms. The Bertz CT molecular complexity index is 1070.